The molecule has 0 aliphatic rings. The molecule has 0 saturated heterocycles. The van der Waals surface area contributed by atoms with Gasteiger partial charge in [-0.15, -0.1) is 0 Å². The molecular weight excluding hydrogens is 1230 g/mol. The van der Waals surface area contributed by atoms with Gasteiger partial charge in [-0.1, -0.05) is 328 Å². The molecule has 2 aromatic heterocycles. The average Bonchev–Trinajstić information content (AvgIpc) is 1.01. The van der Waals surface area contributed by atoms with Crippen molar-refractivity contribution >= 4 is 87.0 Å². The number of furan rings is 2. The number of benzene rings is 18. The molecule has 0 bridgehead atoms. The molecule has 20 rings (SSSR count). The minimum atomic E-state index is 0.889. The van der Waals surface area contributed by atoms with Gasteiger partial charge in [-0.3, -0.25) is 0 Å². The van der Waals surface area contributed by atoms with Crippen molar-refractivity contribution in [3.8, 4) is 111 Å². The highest BCUT2D eigenvalue weighted by Gasteiger charge is 2.22. The minimum Gasteiger partial charge on any atom is -0.456 e. The van der Waals surface area contributed by atoms with E-state index in [2.05, 4.69) is 388 Å². The first-order valence-electron chi connectivity index (χ1n) is 35.0. The number of fused-ring (bicyclic) bond motifs is 10. The molecule has 18 aromatic carbocycles. The van der Waals surface area contributed by atoms with Gasteiger partial charge in [-0.05, 0) is 215 Å². The molecule has 476 valence electrons. The van der Waals surface area contributed by atoms with E-state index < -0.39 is 0 Å². The first-order chi connectivity index (χ1) is 50.6. The standard InChI is InChI=1S/2C50H32O/c1-4-14-33(15-5-1)36-24-27-39(45(30-36)34-16-6-2-7-17-34)37-25-28-40-46-31-38(26-29-47(46)51-48(40)32-37)50-43-22-12-10-20-41(43)49(35-18-8-3-9-19-35)42-21-11-13-23-44(42)50;1-3-12-33(13-4-1)34-22-24-35(25-23-34)37-16-11-17-38(30-37)39-26-28-47-45(31-39)46-32-40(27-29-48(46)51-47)50-43-20-9-7-18-41(43)49(36-14-5-2-6-15-36)42-19-8-10-21-44(42)50/h2*1-32H. The van der Waals surface area contributed by atoms with Crippen LogP contribution in [-0.4, -0.2) is 0 Å². The van der Waals surface area contributed by atoms with Crippen molar-refractivity contribution in [3.05, 3.63) is 388 Å². The zero-order valence-electron chi connectivity index (χ0n) is 55.8. The maximum absolute atomic E-state index is 6.60. The Bertz CT molecular complexity index is 6450. The lowest BCUT2D eigenvalue weighted by molar-refractivity contribution is 0.668. The van der Waals surface area contributed by atoms with E-state index in [0.717, 1.165) is 49.4 Å². The molecule has 0 unspecified atom stereocenters. The lowest BCUT2D eigenvalue weighted by Gasteiger charge is -2.17. The SMILES string of the molecule is c1ccc(-c2ccc(-c3ccc4c(c3)oc3ccc(-c5c6ccccc6c(-c6ccccc6)c6ccccc56)cc34)c(-c3ccccc3)c2)cc1.c1ccc(-c2ccc(-c3cccc(-c4ccc5oc6ccc(-c7c8ccccc8c(-c8ccccc8)c8ccccc78)cc6c5c4)c3)cc2)cc1. The molecule has 2 heteroatoms. The van der Waals surface area contributed by atoms with Crippen LogP contribution >= 0.6 is 0 Å². The number of rotatable bonds is 10. The molecule has 102 heavy (non-hydrogen) atoms. The van der Waals surface area contributed by atoms with Gasteiger partial charge in [-0.2, -0.15) is 0 Å². The first-order valence-corrected chi connectivity index (χ1v) is 35.0. The molecule has 20 aromatic rings. The quantitative estimate of drug-likeness (QED) is 0.128. The molecule has 0 aliphatic heterocycles. The Labute approximate surface area is 591 Å². The molecule has 0 N–H and O–H groups in total. The number of hydrogen-bond donors (Lipinski definition) is 0. The van der Waals surface area contributed by atoms with Crippen LogP contribution in [0.4, 0.5) is 0 Å². The van der Waals surface area contributed by atoms with Crippen LogP contribution in [0.5, 0.6) is 0 Å². The van der Waals surface area contributed by atoms with Crippen molar-refractivity contribution in [1.82, 2.24) is 0 Å². The molecule has 2 heterocycles. The molecule has 0 radical (unpaired) electrons. The van der Waals surface area contributed by atoms with Crippen LogP contribution in [-0.2, 0) is 0 Å². The zero-order valence-corrected chi connectivity index (χ0v) is 55.8. The largest absolute Gasteiger partial charge is 0.456 e. The van der Waals surface area contributed by atoms with E-state index in [9.17, 15) is 0 Å². The third-order valence-corrected chi connectivity index (χ3v) is 20.5. The summed E-state index contributed by atoms with van der Waals surface area (Å²) in [5, 5.41) is 14.5. The van der Waals surface area contributed by atoms with Gasteiger partial charge in [0, 0.05) is 21.5 Å². The predicted octanol–water partition coefficient (Wildman–Crippen LogP) is 28.5. The first kappa shape index (κ1) is 59.8. The van der Waals surface area contributed by atoms with Crippen molar-refractivity contribution in [3.63, 3.8) is 0 Å². The van der Waals surface area contributed by atoms with Gasteiger partial charge in [-0.25, -0.2) is 0 Å². The second-order valence-electron chi connectivity index (χ2n) is 26.5. The highest BCUT2D eigenvalue weighted by atomic mass is 16.3. The van der Waals surface area contributed by atoms with Crippen LogP contribution < -0.4 is 0 Å². The summed E-state index contributed by atoms with van der Waals surface area (Å²) in [6, 6.07) is 140. The Hall–Kier alpha value is -13.4. The topological polar surface area (TPSA) is 26.3 Å². The van der Waals surface area contributed by atoms with Gasteiger partial charge < -0.3 is 8.83 Å². The fourth-order valence-electron chi connectivity index (χ4n) is 15.7. The van der Waals surface area contributed by atoms with Gasteiger partial charge >= 0.3 is 0 Å². The summed E-state index contributed by atoms with van der Waals surface area (Å²) in [6.07, 6.45) is 0. The Kier molecular flexibility index (Phi) is 14.9. The van der Waals surface area contributed by atoms with Crippen molar-refractivity contribution in [2.45, 2.75) is 0 Å². The summed E-state index contributed by atoms with van der Waals surface area (Å²) in [4.78, 5) is 0. The Balaban J connectivity index is 0.000000141. The third kappa shape index (κ3) is 10.7. The average molecular weight is 1300 g/mol. The maximum atomic E-state index is 6.60. The molecule has 0 fully saturated rings. The summed E-state index contributed by atoms with van der Waals surface area (Å²) >= 11 is 0. The Morgan fingerprint density at radius 2 is 0.392 bits per heavy atom. The van der Waals surface area contributed by atoms with Crippen molar-refractivity contribution in [1.29, 1.82) is 0 Å². The van der Waals surface area contributed by atoms with Gasteiger partial charge in [0.1, 0.15) is 22.3 Å². The van der Waals surface area contributed by atoms with E-state index in [4.69, 9.17) is 8.83 Å². The lowest BCUT2D eigenvalue weighted by Crippen LogP contribution is -1.90. The van der Waals surface area contributed by atoms with Crippen LogP contribution in [0.25, 0.3) is 198 Å². The van der Waals surface area contributed by atoms with E-state index in [1.54, 1.807) is 0 Å². The maximum Gasteiger partial charge on any atom is 0.136 e. The molecule has 0 spiro atoms. The fourth-order valence-corrected chi connectivity index (χ4v) is 15.7. The van der Waals surface area contributed by atoms with Crippen LogP contribution in [0.3, 0.4) is 0 Å². The Morgan fingerprint density at radius 3 is 0.843 bits per heavy atom. The summed E-state index contributed by atoms with van der Waals surface area (Å²) in [6.45, 7) is 0. The smallest absolute Gasteiger partial charge is 0.136 e. The minimum absolute atomic E-state index is 0.889. The van der Waals surface area contributed by atoms with Crippen LogP contribution in [0.1, 0.15) is 0 Å². The fraction of sp³-hybridized carbons (Fsp3) is 0. The van der Waals surface area contributed by atoms with Crippen molar-refractivity contribution < 1.29 is 8.83 Å². The van der Waals surface area contributed by atoms with Crippen LogP contribution in [0, 0.1) is 0 Å². The van der Waals surface area contributed by atoms with E-state index in [-0.39, 0.29) is 0 Å². The highest BCUT2D eigenvalue weighted by Crippen LogP contribution is 2.48. The van der Waals surface area contributed by atoms with Crippen LogP contribution in [0.15, 0.2) is 397 Å². The van der Waals surface area contributed by atoms with Crippen molar-refractivity contribution in [2.24, 2.45) is 0 Å². The molecule has 2 nitrogen and oxygen atoms in total. The lowest BCUT2D eigenvalue weighted by atomic mass is 9.86. The molecular formula is C100H64O2. The van der Waals surface area contributed by atoms with Gasteiger partial charge in [0.15, 0.2) is 0 Å². The normalized spacial score (nSPS) is 11.5. The van der Waals surface area contributed by atoms with Crippen LogP contribution in [0.2, 0.25) is 0 Å². The summed E-state index contributed by atoms with van der Waals surface area (Å²) in [7, 11) is 0. The third-order valence-electron chi connectivity index (χ3n) is 20.5. The van der Waals surface area contributed by atoms with E-state index in [0.29, 0.717) is 0 Å². The van der Waals surface area contributed by atoms with E-state index in [1.807, 2.05) is 0 Å². The highest BCUT2D eigenvalue weighted by molar-refractivity contribution is 6.24. The second kappa shape index (κ2) is 25.5. The monoisotopic (exact) mass is 1300 g/mol. The number of hydrogen-bond acceptors (Lipinski definition) is 2. The molecule has 0 amide bonds. The molecule has 0 saturated carbocycles. The zero-order chi connectivity index (χ0) is 67.5. The van der Waals surface area contributed by atoms with Crippen molar-refractivity contribution in [2.75, 3.05) is 0 Å². The van der Waals surface area contributed by atoms with Gasteiger partial charge in [0.05, 0.1) is 0 Å². The summed E-state index contributed by atoms with van der Waals surface area (Å²) in [5.41, 5.74) is 27.8. The van der Waals surface area contributed by atoms with Gasteiger partial charge in [0.2, 0.25) is 0 Å². The summed E-state index contributed by atoms with van der Waals surface area (Å²) in [5.74, 6) is 0. The van der Waals surface area contributed by atoms with E-state index in [1.165, 1.54) is 149 Å². The predicted molar refractivity (Wildman–Crippen MR) is 432 cm³/mol. The summed E-state index contributed by atoms with van der Waals surface area (Å²) < 4.78 is 13.0. The second-order valence-corrected chi connectivity index (χ2v) is 26.5. The van der Waals surface area contributed by atoms with Gasteiger partial charge in [0.25, 0.3) is 0 Å². The molecule has 0 atom stereocenters. The molecule has 0 aliphatic carbocycles. The van der Waals surface area contributed by atoms with E-state index >= 15 is 0 Å². The Morgan fingerprint density at radius 1 is 0.118 bits per heavy atom.